The van der Waals surface area contributed by atoms with E-state index in [9.17, 15) is 34.2 Å². The normalized spacial score (nSPS) is 24.4. The highest BCUT2D eigenvalue weighted by molar-refractivity contribution is 6.13. The highest BCUT2D eigenvalue weighted by atomic mass is 16.5. The molecular formula is C77H116N10O10. The second kappa shape index (κ2) is 36.6. The van der Waals surface area contributed by atoms with Crippen molar-refractivity contribution in [2.24, 2.45) is 52.3 Å². The van der Waals surface area contributed by atoms with Crippen LogP contribution >= 0.6 is 0 Å². The van der Waals surface area contributed by atoms with E-state index >= 15 is 0 Å². The number of ketones is 2. The zero-order valence-electron chi connectivity index (χ0n) is 59.6. The van der Waals surface area contributed by atoms with E-state index < -0.39 is 17.5 Å². The second-order valence-corrected chi connectivity index (χ2v) is 29.8. The van der Waals surface area contributed by atoms with Crippen LogP contribution in [-0.4, -0.2) is 199 Å². The quantitative estimate of drug-likeness (QED) is 0.0156. The van der Waals surface area contributed by atoms with E-state index in [1.54, 1.807) is 36.0 Å². The van der Waals surface area contributed by atoms with Crippen molar-refractivity contribution in [2.75, 3.05) is 119 Å². The molecule has 3 aromatic rings. The van der Waals surface area contributed by atoms with E-state index in [-0.39, 0.29) is 73.1 Å². The molecule has 6 aliphatic rings. The van der Waals surface area contributed by atoms with Crippen LogP contribution in [0.4, 0.5) is 0 Å². The summed E-state index contributed by atoms with van der Waals surface area (Å²) in [6, 6.07) is 9.24. The molecule has 0 unspecified atom stereocenters. The molecule has 2 aromatic carbocycles. The highest BCUT2D eigenvalue weighted by Crippen LogP contribution is 2.67. The van der Waals surface area contributed by atoms with Gasteiger partial charge < -0.3 is 60.0 Å². The minimum absolute atomic E-state index is 0.0361. The number of carbonyl (C=O) groups is 5. The highest BCUT2D eigenvalue weighted by Gasteiger charge is 2.59. The van der Waals surface area contributed by atoms with Crippen LogP contribution in [0.5, 0.6) is 23.0 Å². The minimum atomic E-state index is -1.15. The summed E-state index contributed by atoms with van der Waals surface area (Å²) in [5.74, 6) is 3.19. The molecule has 0 spiro atoms. The van der Waals surface area contributed by atoms with Crippen LogP contribution in [0.15, 0.2) is 66.4 Å². The predicted molar refractivity (Wildman–Crippen MR) is 380 cm³/mol. The largest absolute Gasteiger partial charge is 0.504 e. The van der Waals surface area contributed by atoms with Gasteiger partial charge in [0.1, 0.15) is 0 Å². The molecule has 0 radical (unpaired) electrons. The Morgan fingerprint density at radius 1 is 0.639 bits per heavy atom. The Hall–Kier alpha value is -6.45. The topological polar surface area (TPSA) is 233 Å². The Morgan fingerprint density at radius 2 is 1.20 bits per heavy atom. The number of aromatic hydroxyl groups is 2. The van der Waals surface area contributed by atoms with Gasteiger partial charge in [-0.05, 0) is 178 Å². The molecule has 20 nitrogen and oxygen atoms in total. The van der Waals surface area contributed by atoms with E-state index in [1.807, 2.05) is 0 Å². The van der Waals surface area contributed by atoms with Crippen molar-refractivity contribution >= 4 is 41.4 Å². The summed E-state index contributed by atoms with van der Waals surface area (Å²) in [6.45, 7) is 27.0. The SMILES string of the molecule is COc1cc(/C=C/C(=O)C(Cc2cn(CCNC(=O)CCC(=O)NCCCN3CCN(CCCNC(=O)CCN4CCN(CCCO[C@H]5CC[C@@]6(C)C(=CC[C@H]7[C@@H]8CC[C@H]([C@H](C)CCCC(C)C)[C@@]8(C)CC[C@@H]76)C5)CC4)CC3)nn2)C(=O)/C=C/c2ccc(O)c(OC)c2)ccc1O. The van der Waals surface area contributed by atoms with Gasteiger partial charge in [0.2, 0.25) is 17.7 Å². The van der Waals surface area contributed by atoms with Gasteiger partial charge >= 0.3 is 0 Å². The molecule has 8 atom stereocenters. The van der Waals surface area contributed by atoms with Crippen molar-refractivity contribution in [1.29, 1.82) is 0 Å². The fourth-order valence-electron chi connectivity index (χ4n) is 17.2. The third kappa shape index (κ3) is 21.3. The fourth-order valence-corrected chi connectivity index (χ4v) is 17.2. The van der Waals surface area contributed by atoms with E-state index in [0.29, 0.717) is 53.3 Å². The minimum Gasteiger partial charge on any atom is -0.504 e. The molecule has 5 N–H and O–H groups in total. The number of piperazine rings is 2. The lowest BCUT2D eigenvalue weighted by molar-refractivity contribution is -0.127. The average molecular weight is 1340 g/mol. The van der Waals surface area contributed by atoms with Crippen LogP contribution in [-0.2, 0) is 41.7 Å². The fraction of sp³-hybridized carbons (Fsp3) is 0.675. The molecule has 4 aliphatic carbocycles. The van der Waals surface area contributed by atoms with Crippen LogP contribution in [0.25, 0.3) is 12.2 Å². The first-order valence-electron chi connectivity index (χ1n) is 36.9. The van der Waals surface area contributed by atoms with Gasteiger partial charge in [0.25, 0.3) is 0 Å². The number of nitrogens with one attached hydrogen (secondary N) is 3. The molecule has 1 aromatic heterocycles. The molecule has 2 aliphatic heterocycles. The van der Waals surface area contributed by atoms with Crippen molar-refractivity contribution in [1.82, 2.24) is 50.5 Å². The van der Waals surface area contributed by atoms with Crippen molar-refractivity contribution in [3.8, 4) is 23.0 Å². The number of methoxy groups -OCH3 is 2. The van der Waals surface area contributed by atoms with Crippen LogP contribution in [0, 0.1) is 52.3 Å². The van der Waals surface area contributed by atoms with Gasteiger partial charge in [0.15, 0.2) is 34.6 Å². The van der Waals surface area contributed by atoms with Crippen molar-refractivity contribution in [3.05, 3.63) is 83.2 Å². The first kappa shape index (κ1) is 74.8. The number of allylic oxidation sites excluding steroid dienone is 3. The number of nitrogens with zero attached hydrogens (tertiary/aromatic N) is 7. The molecular weight excluding hydrogens is 1220 g/mol. The number of hydrogen-bond donors (Lipinski definition) is 5. The van der Waals surface area contributed by atoms with Gasteiger partial charge in [-0.25, -0.2) is 0 Å². The lowest BCUT2D eigenvalue weighted by atomic mass is 9.47. The van der Waals surface area contributed by atoms with Gasteiger partial charge in [0.05, 0.1) is 38.5 Å². The number of hydrogen-bond acceptors (Lipinski definition) is 16. The monoisotopic (exact) mass is 1340 g/mol. The Labute approximate surface area is 578 Å². The van der Waals surface area contributed by atoms with Crippen LogP contribution in [0.3, 0.4) is 0 Å². The van der Waals surface area contributed by atoms with Crippen LogP contribution < -0.4 is 25.4 Å². The molecule has 2 saturated heterocycles. The van der Waals surface area contributed by atoms with Crippen molar-refractivity contribution in [3.63, 3.8) is 0 Å². The number of amides is 3. The van der Waals surface area contributed by atoms with E-state index in [4.69, 9.17) is 14.2 Å². The number of benzene rings is 2. The molecule has 534 valence electrons. The van der Waals surface area contributed by atoms with Crippen molar-refractivity contribution in [2.45, 2.75) is 163 Å². The second-order valence-electron chi connectivity index (χ2n) is 29.8. The molecule has 97 heavy (non-hydrogen) atoms. The van der Waals surface area contributed by atoms with Gasteiger partial charge in [0, 0.05) is 124 Å². The summed E-state index contributed by atoms with van der Waals surface area (Å²) in [5, 5.41) is 37.3. The zero-order valence-corrected chi connectivity index (χ0v) is 59.6. The smallest absolute Gasteiger partial charge is 0.221 e. The third-order valence-corrected chi connectivity index (χ3v) is 23.0. The molecule has 5 fully saturated rings. The number of phenols is 2. The van der Waals surface area contributed by atoms with E-state index in [2.05, 4.69) is 86.6 Å². The summed E-state index contributed by atoms with van der Waals surface area (Å²) < 4.78 is 18.5. The Kier molecular flexibility index (Phi) is 28.2. The van der Waals surface area contributed by atoms with Crippen molar-refractivity contribution < 1.29 is 48.4 Å². The predicted octanol–water partition coefficient (Wildman–Crippen LogP) is 9.78. The van der Waals surface area contributed by atoms with Crippen LogP contribution in [0.1, 0.15) is 161 Å². The number of aromatic nitrogens is 3. The summed E-state index contributed by atoms with van der Waals surface area (Å²) in [7, 11) is 2.84. The van der Waals surface area contributed by atoms with Crippen LogP contribution in [0.2, 0.25) is 0 Å². The summed E-state index contributed by atoms with van der Waals surface area (Å²) in [5.41, 5.74) is 4.19. The maximum atomic E-state index is 13.6. The molecule has 9 rings (SSSR count). The standard InChI is InChI=1S/C77H116N10O10/c1-55(2)12-8-13-56(3)64-20-21-65-62-19-18-59-52-61(28-31-76(59,4)66(62)29-32-77(64,65)5)97-49-11-38-85-45-47-86(48-46-85)39-30-75(94)79-34-10-37-84-43-41-83(42-44-84)36-9-33-78-73(92)26-27-74(93)80-35-40-87-54-60(81-82-87)53-63(67(88)22-14-57-16-24-69(90)71(50-57)95-6)68(89)23-15-58-17-25-70(91)72(51-58)96-7/h14-18,22-25,50-51,54-56,61-66,90-91H,8-13,19-21,26-49,52-53H2,1-7H3,(H,78,92)(H,79,94)(H,80,93)/b22-14+,23-15+/t56-,61+,62+,64-,65+,66+,76+,77-/m1/s1. The average Bonchev–Trinajstić information content (AvgIpc) is 1.70. The number of fused-ring (bicyclic) bond motifs is 5. The molecule has 3 saturated carbocycles. The zero-order chi connectivity index (χ0) is 68.9. The molecule has 3 amide bonds. The number of rotatable bonds is 37. The van der Waals surface area contributed by atoms with E-state index in [1.165, 1.54) is 120 Å². The van der Waals surface area contributed by atoms with Gasteiger partial charge in [-0.15, -0.1) is 5.10 Å². The first-order valence-corrected chi connectivity index (χ1v) is 36.9. The Bertz CT molecular complexity index is 3070. The lowest BCUT2D eigenvalue weighted by Crippen LogP contribution is -2.51. The summed E-state index contributed by atoms with van der Waals surface area (Å²) >= 11 is 0. The van der Waals surface area contributed by atoms with E-state index in [0.717, 1.165) is 146 Å². The number of ether oxygens (including phenoxy) is 3. The first-order chi connectivity index (χ1) is 46.8. The number of carbonyl (C=O) groups excluding carboxylic acids is 5. The Morgan fingerprint density at radius 3 is 1.77 bits per heavy atom. The van der Waals surface area contributed by atoms with Gasteiger partial charge in [-0.2, -0.15) is 0 Å². The molecule has 3 heterocycles. The number of phenolic OH excluding ortho intramolecular Hbond substituents is 2. The summed E-state index contributed by atoms with van der Waals surface area (Å²) in [6.07, 6.45) is 28.7. The maximum Gasteiger partial charge on any atom is 0.221 e. The summed E-state index contributed by atoms with van der Waals surface area (Å²) in [4.78, 5) is 75.3. The molecule has 0 bridgehead atoms. The Balaban J connectivity index is 0.562. The lowest BCUT2D eigenvalue weighted by Gasteiger charge is -2.58. The van der Waals surface area contributed by atoms with Gasteiger partial charge in [-0.3, -0.25) is 28.7 Å². The maximum absolute atomic E-state index is 13.6. The third-order valence-electron chi connectivity index (χ3n) is 23.0. The molecule has 20 heteroatoms. The van der Waals surface area contributed by atoms with Gasteiger partial charge in [-0.1, -0.05) is 95.0 Å².